The van der Waals surface area contributed by atoms with Gasteiger partial charge in [0.05, 0.1) is 11.4 Å². The molecule has 1 fully saturated rings. The van der Waals surface area contributed by atoms with Crippen LogP contribution >= 0.6 is 11.3 Å². The van der Waals surface area contributed by atoms with Crippen molar-refractivity contribution in [2.24, 2.45) is 5.92 Å². The molecule has 3 rings (SSSR count). The number of nitrogens with zero attached hydrogens (tertiary/aromatic N) is 2. The van der Waals surface area contributed by atoms with Gasteiger partial charge in [-0.25, -0.2) is 4.98 Å². The highest BCUT2D eigenvalue weighted by atomic mass is 32.1. The second-order valence-electron chi connectivity index (χ2n) is 6.96. The van der Waals surface area contributed by atoms with Crippen LogP contribution in [0.25, 0.3) is 6.08 Å². The van der Waals surface area contributed by atoms with Crippen LogP contribution in [-0.2, 0) is 9.59 Å². The predicted molar refractivity (Wildman–Crippen MR) is 110 cm³/mol. The zero-order valence-corrected chi connectivity index (χ0v) is 16.5. The predicted octanol–water partition coefficient (Wildman–Crippen LogP) is 4.54. The van der Waals surface area contributed by atoms with Gasteiger partial charge in [-0.3, -0.25) is 14.5 Å². The summed E-state index contributed by atoms with van der Waals surface area (Å²) in [4.78, 5) is 30.4. The van der Waals surface area contributed by atoms with Crippen LogP contribution in [0.5, 0.6) is 0 Å². The number of hydrogen-bond donors (Lipinski definition) is 1. The molecule has 0 unspecified atom stereocenters. The molecule has 142 valence electrons. The monoisotopic (exact) mass is 383 g/mol. The molecule has 2 aromatic rings. The third kappa shape index (κ3) is 5.04. The lowest BCUT2D eigenvalue weighted by atomic mass is 9.86. The molecule has 1 aromatic heterocycles. The first-order valence-corrected chi connectivity index (χ1v) is 10.2. The second kappa shape index (κ2) is 8.95. The summed E-state index contributed by atoms with van der Waals surface area (Å²) in [7, 11) is 0. The zero-order chi connectivity index (χ0) is 19.2. The Bertz CT molecular complexity index is 816. The summed E-state index contributed by atoms with van der Waals surface area (Å²) in [6.45, 7) is 3.71. The number of benzene rings is 1. The summed E-state index contributed by atoms with van der Waals surface area (Å²) in [5.74, 6) is 0.335. The van der Waals surface area contributed by atoms with Crippen molar-refractivity contribution in [3.05, 3.63) is 47.5 Å². The lowest BCUT2D eigenvalue weighted by Crippen LogP contribution is -2.40. The minimum absolute atomic E-state index is 0.0882. The van der Waals surface area contributed by atoms with Crippen LogP contribution in [0.1, 0.15) is 45.2 Å². The lowest BCUT2D eigenvalue weighted by Gasteiger charge is -2.29. The Kier molecular flexibility index (Phi) is 6.40. The van der Waals surface area contributed by atoms with Crippen LogP contribution in [0.15, 0.2) is 41.8 Å². The largest absolute Gasteiger partial charge is 0.350 e. The zero-order valence-electron chi connectivity index (χ0n) is 15.7. The van der Waals surface area contributed by atoms with E-state index in [0.29, 0.717) is 16.7 Å². The number of para-hydroxylation sites is 1. The summed E-state index contributed by atoms with van der Waals surface area (Å²) in [6, 6.07) is 9.68. The maximum absolute atomic E-state index is 12.2. The van der Waals surface area contributed by atoms with Crippen molar-refractivity contribution in [2.75, 3.05) is 4.90 Å². The van der Waals surface area contributed by atoms with Gasteiger partial charge in [-0.05, 0) is 37.0 Å². The molecule has 1 saturated carbocycles. The van der Waals surface area contributed by atoms with Crippen LogP contribution in [-0.4, -0.2) is 22.8 Å². The number of amides is 2. The van der Waals surface area contributed by atoms with E-state index in [4.69, 9.17) is 0 Å². The molecule has 1 aliphatic rings. The van der Waals surface area contributed by atoms with Crippen molar-refractivity contribution < 1.29 is 9.59 Å². The van der Waals surface area contributed by atoms with Crippen LogP contribution in [0, 0.1) is 5.92 Å². The van der Waals surface area contributed by atoms with Crippen molar-refractivity contribution in [3.8, 4) is 0 Å². The van der Waals surface area contributed by atoms with E-state index in [1.165, 1.54) is 43.6 Å². The Morgan fingerprint density at radius 3 is 2.67 bits per heavy atom. The standard InChI is InChI=1S/C21H25N3O2S/c1-15-8-6-7-11-19(15)23-20(26)13-12-17-14-27-21(22-17)24(16(2)25)18-9-4-3-5-10-18/h3-5,9-10,12-15,19H,6-8,11H2,1-2H3,(H,23,26)/b13-12+/t15-,19-/m1/s1. The number of carbonyl (C=O) groups is 2. The average Bonchev–Trinajstić information content (AvgIpc) is 3.11. The number of thiazole rings is 1. The summed E-state index contributed by atoms with van der Waals surface area (Å²) in [6.07, 6.45) is 7.87. The number of anilines is 2. The molecular formula is C21H25N3O2S. The van der Waals surface area contributed by atoms with Gasteiger partial charge in [-0.2, -0.15) is 0 Å². The molecular weight excluding hydrogens is 358 g/mol. The number of nitrogens with one attached hydrogen (secondary N) is 1. The summed E-state index contributed by atoms with van der Waals surface area (Å²) < 4.78 is 0. The fourth-order valence-electron chi connectivity index (χ4n) is 3.38. The molecule has 0 radical (unpaired) electrons. The van der Waals surface area contributed by atoms with E-state index in [1.54, 1.807) is 11.0 Å². The van der Waals surface area contributed by atoms with Crippen molar-refractivity contribution in [1.29, 1.82) is 0 Å². The molecule has 6 heteroatoms. The van der Waals surface area contributed by atoms with E-state index in [1.807, 2.05) is 35.7 Å². The van der Waals surface area contributed by atoms with Gasteiger partial charge in [0.2, 0.25) is 11.8 Å². The van der Waals surface area contributed by atoms with Gasteiger partial charge in [-0.1, -0.05) is 38.0 Å². The Hall–Kier alpha value is -2.47. The molecule has 1 aromatic carbocycles. The van der Waals surface area contributed by atoms with Gasteiger partial charge in [-0.15, -0.1) is 11.3 Å². The van der Waals surface area contributed by atoms with Gasteiger partial charge in [0, 0.05) is 24.4 Å². The lowest BCUT2D eigenvalue weighted by molar-refractivity contribution is -0.118. The van der Waals surface area contributed by atoms with Crippen molar-refractivity contribution in [3.63, 3.8) is 0 Å². The SMILES string of the molecule is CC(=O)N(c1ccccc1)c1nc(/C=C/C(=O)N[C@@H]2CCCC[C@H]2C)cs1. The molecule has 2 atom stereocenters. The molecule has 1 heterocycles. The minimum atomic E-state index is -0.102. The summed E-state index contributed by atoms with van der Waals surface area (Å²) in [5.41, 5.74) is 1.45. The minimum Gasteiger partial charge on any atom is -0.350 e. The third-order valence-corrected chi connectivity index (χ3v) is 5.72. The van der Waals surface area contributed by atoms with E-state index in [0.717, 1.165) is 12.1 Å². The van der Waals surface area contributed by atoms with Crippen LogP contribution in [0.3, 0.4) is 0 Å². The van der Waals surface area contributed by atoms with Crippen molar-refractivity contribution in [2.45, 2.75) is 45.6 Å². The first kappa shape index (κ1) is 19.3. The highest BCUT2D eigenvalue weighted by molar-refractivity contribution is 7.14. The van der Waals surface area contributed by atoms with Gasteiger partial charge in [0.1, 0.15) is 0 Å². The van der Waals surface area contributed by atoms with Gasteiger partial charge < -0.3 is 5.32 Å². The number of hydrogen-bond acceptors (Lipinski definition) is 4. The molecule has 0 bridgehead atoms. The van der Waals surface area contributed by atoms with E-state index in [2.05, 4.69) is 17.2 Å². The first-order chi connectivity index (χ1) is 13.0. The van der Waals surface area contributed by atoms with Gasteiger partial charge >= 0.3 is 0 Å². The smallest absolute Gasteiger partial charge is 0.244 e. The first-order valence-electron chi connectivity index (χ1n) is 9.34. The van der Waals surface area contributed by atoms with Crippen molar-refractivity contribution >= 4 is 40.0 Å². The highest BCUT2D eigenvalue weighted by Gasteiger charge is 2.22. The fourth-order valence-corrected chi connectivity index (χ4v) is 4.24. The molecule has 5 nitrogen and oxygen atoms in total. The summed E-state index contributed by atoms with van der Waals surface area (Å²) >= 11 is 1.38. The topological polar surface area (TPSA) is 62.3 Å². The Balaban J connectivity index is 1.67. The Morgan fingerprint density at radius 2 is 1.96 bits per heavy atom. The maximum Gasteiger partial charge on any atom is 0.244 e. The molecule has 0 spiro atoms. The molecule has 1 N–H and O–H groups in total. The molecule has 1 aliphatic carbocycles. The quantitative estimate of drug-likeness (QED) is 0.771. The number of aromatic nitrogens is 1. The van der Waals surface area contributed by atoms with Crippen LogP contribution in [0.4, 0.5) is 10.8 Å². The van der Waals surface area contributed by atoms with Crippen LogP contribution in [0.2, 0.25) is 0 Å². The third-order valence-electron chi connectivity index (χ3n) is 4.88. The normalized spacial score (nSPS) is 19.8. The van der Waals surface area contributed by atoms with E-state index >= 15 is 0 Å². The maximum atomic E-state index is 12.2. The molecule has 0 saturated heterocycles. The van der Waals surface area contributed by atoms with E-state index in [-0.39, 0.29) is 17.9 Å². The van der Waals surface area contributed by atoms with E-state index < -0.39 is 0 Å². The fraction of sp³-hybridized carbons (Fsp3) is 0.381. The second-order valence-corrected chi connectivity index (χ2v) is 7.79. The Labute approximate surface area is 164 Å². The number of carbonyl (C=O) groups excluding carboxylic acids is 2. The molecule has 27 heavy (non-hydrogen) atoms. The van der Waals surface area contributed by atoms with Gasteiger partial charge in [0.15, 0.2) is 5.13 Å². The summed E-state index contributed by atoms with van der Waals surface area (Å²) in [5, 5.41) is 5.54. The van der Waals surface area contributed by atoms with E-state index in [9.17, 15) is 9.59 Å². The Morgan fingerprint density at radius 1 is 1.22 bits per heavy atom. The number of rotatable bonds is 5. The molecule has 2 amide bonds. The molecule has 0 aliphatic heterocycles. The van der Waals surface area contributed by atoms with Crippen molar-refractivity contribution in [1.82, 2.24) is 10.3 Å². The van der Waals surface area contributed by atoms with Gasteiger partial charge in [0.25, 0.3) is 0 Å². The highest BCUT2D eigenvalue weighted by Crippen LogP contribution is 2.29. The van der Waals surface area contributed by atoms with Crippen LogP contribution < -0.4 is 10.2 Å². The average molecular weight is 384 g/mol.